The van der Waals surface area contributed by atoms with Crippen molar-refractivity contribution in [2.75, 3.05) is 32.8 Å². The van der Waals surface area contributed by atoms with Gasteiger partial charge in [-0.3, -0.25) is 4.79 Å². The number of benzene rings is 2. The summed E-state index contributed by atoms with van der Waals surface area (Å²) in [6.07, 6.45) is 3.44. The molecule has 1 heterocycles. The van der Waals surface area contributed by atoms with Gasteiger partial charge in [0.05, 0.1) is 19.6 Å². The van der Waals surface area contributed by atoms with Crippen molar-refractivity contribution >= 4 is 5.97 Å². The van der Waals surface area contributed by atoms with Gasteiger partial charge in [0.2, 0.25) is 0 Å². The van der Waals surface area contributed by atoms with Gasteiger partial charge in [0, 0.05) is 11.1 Å². The lowest BCUT2D eigenvalue weighted by atomic mass is 9.88. The molecule has 4 heteroatoms. The molecule has 0 aliphatic carbocycles. The molecule has 156 valence electrons. The molecular formula is C25H34NO3+. The van der Waals surface area contributed by atoms with E-state index in [1.54, 1.807) is 0 Å². The van der Waals surface area contributed by atoms with Crippen molar-refractivity contribution in [2.24, 2.45) is 0 Å². The van der Waals surface area contributed by atoms with Crippen LogP contribution >= 0.6 is 0 Å². The van der Waals surface area contributed by atoms with Crippen LogP contribution < -0.4 is 4.74 Å². The summed E-state index contributed by atoms with van der Waals surface area (Å²) in [5.41, 5.74) is 1.76. The number of ether oxygens (including phenoxy) is 2. The maximum Gasteiger partial charge on any atom is 0.318 e. The number of para-hydroxylation sites is 2. The zero-order chi connectivity index (χ0) is 20.7. The topological polar surface area (TPSA) is 35.5 Å². The Balaban J connectivity index is 1.75. The molecule has 0 unspecified atom stereocenters. The first-order chi connectivity index (χ1) is 14.1. The Labute approximate surface area is 175 Å². The Morgan fingerprint density at radius 3 is 1.79 bits per heavy atom. The molecule has 0 N–H and O–H groups in total. The summed E-state index contributed by atoms with van der Waals surface area (Å²) in [4.78, 5) is 13.2. The number of hydrogen-bond acceptors (Lipinski definition) is 3. The quantitative estimate of drug-likeness (QED) is 0.392. The average molecular weight is 397 g/mol. The highest BCUT2D eigenvalue weighted by molar-refractivity contribution is 5.85. The number of hydrogen-bond donors (Lipinski definition) is 0. The van der Waals surface area contributed by atoms with Gasteiger partial charge < -0.3 is 14.0 Å². The molecule has 3 rings (SSSR count). The monoisotopic (exact) mass is 396 g/mol. The summed E-state index contributed by atoms with van der Waals surface area (Å²) in [7, 11) is 0. The molecule has 0 atom stereocenters. The van der Waals surface area contributed by atoms with Crippen molar-refractivity contribution in [3.8, 4) is 11.5 Å². The van der Waals surface area contributed by atoms with Crippen molar-refractivity contribution in [3.05, 3.63) is 59.7 Å². The van der Waals surface area contributed by atoms with Crippen molar-refractivity contribution in [1.29, 1.82) is 0 Å². The highest BCUT2D eigenvalue weighted by atomic mass is 16.5. The van der Waals surface area contributed by atoms with Gasteiger partial charge in [-0.1, -0.05) is 57.2 Å². The number of fused-ring (bicyclic) bond motifs is 2. The molecule has 29 heavy (non-hydrogen) atoms. The van der Waals surface area contributed by atoms with Crippen LogP contribution in [0.15, 0.2) is 48.5 Å². The molecule has 0 saturated carbocycles. The van der Waals surface area contributed by atoms with Crippen molar-refractivity contribution < 1.29 is 18.8 Å². The Kier molecular flexibility index (Phi) is 7.32. The van der Waals surface area contributed by atoms with E-state index >= 15 is 0 Å². The largest absolute Gasteiger partial charge is 0.459 e. The minimum atomic E-state index is -0.429. The van der Waals surface area contributed by atoms with Crippen LogP contribution in [0.1, 0.15) is 57.1 Å². The first-order valence-corrected chi connectivity index (χ1v) is 11.0. The number of carbonyl (C=O) groups is 1. The van der Waals surface area contributed by atoms with Crippen LogP contribution in [0.25, 0.3) is 0 Å². The second-order valence-electron chi connectivity index (χ2n) is 8.01. The van der Waals surface area contributed by atoms with E-state index < -0.39 is 5.92 Å². The predicted octanol–water partition coefficient (Wildman–Crippen LogP) is 5.51. The minimum Gasteiger partial charge on any atom is -0.459 e. The van der Waals surface area contributed by atoms with E-state index in [0.717, 1.165) is 72.6 Å². The van der Waals surface area contributed by atoms with Crippen molar-refractivity contribution in [1.82, 2.24) is 0 Å². The van der Waals surface area contributed by atoms with Crippen molar-refractivity contribution in [3.63, 3.8) is 0 Å². The molecule has 1 aliphatic heterocycles. The summed E-state index contributed by atoms with van der Waals surface area (Å²) in [6.45, 7) is 11.5. The van der Waals surface area contributed by atoms with Crippen LogP contribution in [0, 0.1) is 0 Å². The molecule has 1 aliphatic rings. The Morgan fingerprint density at radius 2 is 1.31 bits per heavy atom. The lowest BCUT2D eigenvalue weighted by Crippen LogP contribution is -2.51. The molecule has 0 saturated heterocycles. The maximum absolute atomic E-state index is 13.2. The molecule has 0 amide bonds. The first-order valence-electron chi connectivity index (χ1n) is 11.0. The molecule has 0 aromatic heterocycles. The average Bonchev–Trinajstić information content (AvgIpc) is 2.72. The molecule has 2 aromatic rings. The van der Waals surface area contributed by atoms with Crippen LogP contribution in [0.2, 0.25) is 0 Å². The number of quaternary nitrogens is 1. The maximum atomic E-state index is 13.2. The van der Waals surface area contributed by atoms with E-state index in [4.69, 9.17) is 9.47 Å². The Bertz CT molecular complexity index is 755. The fourth-order valence-electron chi connectivity index (χ4n) is 4.68. The van der Waals surface area contributed by atoms with Gasteiger partial charge in [-0.15, -0.1) is 0 Å². The summed E-state index contributed by atoms with van der Waals surface area (Å²) < 4.78 is 12.9. The van der Waals surface area contributed by atoms with Gasteiger partial charge in [-0.2, -0.15) is 0 Å². The fourth-order valence-corrected chi connectivity index (χ4v) is 4.68. The second-order valence-corrected chi connectivity index (χ2v) is 8.01. The Morgan fingerprint density at radius 1 is 0.828 bits per heavy atom. The van der Waals surface area contributed by atoms with Crippen LogP contribution in [0.4, 0.5) is 0 Å². The van der Waals surface area contributed by atoms with Gasteiger partial charge in [0.15, 0.2) is 0 Å². The van der Waals surface area contributed by atoms with Crippen LogP contribution in [-0.4, -0.2) is 43.2 Å². The Hall–Kier alpha value is -2.33. The summed E-state index contributed by atoms with van der Waals surface area (Å²) in [5.74, 6) is 0.861. The third-order valence-electron chi connectivity index (χ3n) is 5.82. The van der Waals surface area contributed by atoms with Gasteiger partial charge in [-0.25, -0.2) is 0 Å². The zero-order valence-corrected chi connectivity index (χ0v) is 18.0. The van der Waals surface area contributed by atoms with Crippen molar-refractivity contribution in [2.45, 2.75) is 46.0 Å². The normalized spacial score (nSPS) is 13.3. The second kappa shape index (κ2) is 9.93. The summed E-state index contributed by atoms with van der Waals surface area (Å²) >= 11 is 0. The van der Waals surface area contributed by atoms with Gasteiger partial charge in [0.1, 0.15) is 30.6 Å². The molecule has 0 fully saturated rings. The van der Waals surface area contributed by atoms with Crippen LogP contribution in [-0.2, 0) is 9.53 Å². The molecule has 0 bridgehead atoms. The first kappa shape index (κ1) is 21.4. The summed E-state index contributed by atoms with van der Waals surface area (Å²) in [6, 6.07) is 15.5. The highest BCUT2D eigenvalue weighted by Crippen LogP contribution is 2.44. The molecule has 4 nitrogen and oxygen atoms in total. The SMILES string of the molecule is CCC[N+](CCC)(CCC)CCOC(=O)C1c2ccccc2Oc2ccccc21. The zero-order valence-electron chi connectivity index (χ0n) is 18.0. The molecule has 0 spiro atoms. The highest BCUT2D eigenvalue weighted by Gasteiger charge is 2.34. The van der Waals surface area contributed by atoms with E-state index in [0.29, 0.717) is 6.61 Å². The van der Waals surface area contributed by atoms with Gasteiger partial charge in [-0.05, 0) is 31.4 Å². The molecule has 0 radical (unpaired) electrons. The van der Waals surface area contributed by atoms with E-state index in [-0.39, 0.29) is 5.97 Å². The lowest BCUT2D eigenvalue weighted by molar-refractivity contribution is -0.928. The predicted molar refractivity (Wildman–Crippen MR) is 116 cm³/mol. The lowest BCUT2D eigenvalue weighted by Gasteiger charge is -2.38. The molecular weight excluding hydrogens is 362 g/mol. The third-order valence-corrected chi connectivity index (χ3v) is 5.82. The number of carbonyl (C=O) groups excluding carboxylic acids is 1. The number of esters is 1. The minimum absolute atomic E-state index is 0.184. The van der Waals surface area contributed by atoms with E-state index in [2.05, 4.69) is 20.8 Å². The summed E-state index contributed by atoms with van der Waals surface area (Å²) in [5, 5.41) is 0. The number of nitrogens with zero attached hydrogens (tertiary/aromatic N) is 1. The molecule has 2 aromatic carbocycles. The van der Waals surface area contributed by atoms with E-state index in [1.807, 2.05) is 48.5 Å². The number of rotatable bonds is 10. The van der Waals surface area contributed by atoms with Gasteiger partial charge in [0.25, 0.3) is 0 Å². The smallest absolute Gasteiger partial charge is 0.318 e. The third kappa shape index (κ3) is 4.81. The standard InChI is InChI=1S/C25H34NO3/c1-4-15-26(16-5-2,17-6-3)18-19-28-25(27)24-20-11-7-9-13-22(20)29-23-14-10-8-12-21(23)24/h7-14,24H,4-6,15-19H2,1-3H3/q+1. The van der Waals surface area contributed by atoms with E-state index in [9.17, 15) is 4.79 Å². The fraction of sp³-hybridized carbons (Fsp3) is 0.480. The van der Waals surface area contributed by atoms with Crippen LogP contribution in [0.3, 0.4) is 0 Å². The van der Waals surface area contributed by atoms with Gasteiger partial charge >= 0.3 is 5.97 Å². The van der Waals surface area contributed by atoms with E-state index in [1.165, 1.54) is 0 Å². The van der Waals surface area contributed by atoms with Crippen LogP contribution in [0.5, 0.6) is 11.5 Å².